The molecule has 0 unspecified atom stereocenters. The van der Waals surface area contributed by atoms with E-state index in [-0.39, 0.29) is 0 Å². The number of rotatable bonds is 4. The molecule has 0 aliphatic carbocycles. The van der Waals surface area contributed by atoms with Crippen molar-refractivity contribution in [2.24, 2.45) is 0 Å². The molecule has 0 bridgehead atoms. The first-order chi connectivity index (χ1) is 8.16. The lowest BCUT2D eigenvalue weighted by molar-refractivity contribution is 0.189. The third-order valence-corrected chi connectivity index (χ3v) is 2.83. The molecule has 0 radical (unpaired) electrons. The van der Waals surface area contributed by atoms with Gasteiger partial charge >= 0.3 is 0 Å². The molecular weight excluding hydrogens is 211 g/mol. The maximum Gasteiger partial charge on any atom is 0.116 e. The second-order valence-corrected chi connectivity index (χ2v) is 4.74. The largest absolute Gasteiger partial charge is 0.243 e. The molecule has 2 aromatic rings. The fourth-order valence-electron chi connectivity index (χ4n) is 2.11. The SMILES string of the molecule is CC(F)(Cc1ccccc1)Cc1ccccc1. The zero-order valence-electron chi connectivity index (χ0n) is 10.1. The van der Waals surface area contributed by atoms with Gasteiger partial charge in [-0.1, -0.05) is 60.7 Å². The van der Waals surface area contributed by atoms with Gasteiger partial charge in [-0.15, -0.1) is 0 Å². The smallest absolute Gasteiger partial charge is 0.116 e. The summed E-state index contributed by atoms with van der Waals surface area (Å²) < 4.78 is 14.5. The van der Waals surface area contributed by atoms with Gasteiger partial charge in [0.15, 0.2) is 0 Å². The molecule has 0 fully saturated rings. The fraction of sp³-hybridized carbons (Fsp3) is 0.250. The predicted molar refractivity (Wildman–Crippen MR) is 69.8 cm³/mol. The summed E-state index contributed by atoms with van der Waals surface area (Å²) in [6.07, 6.45) is 0.922. The van der Waals surface area contributed by atoms with Crippen molar-refractivity contribution in [3.05, 3.63) is 71.8 Å². The summed E-state index contributed by atoms with van der Waals surface area (Å²) in [7, 11) is 0. The van der Waals surface area contributed by atoms with E-state index in [1.165, 1.54) is 0 Å². The summed E-state index contributed by atoms with van der Waals surface area (Å²) in [4.78, 5) is 0. The first-order valence-corrected chi connectivity index (χ1v) is 5.92. The Balaban J connectivity index is 2.04. The van der Waals surface area contributed by atoms with Crippen molar-refractivity contribution >= 4 is 0 Å². The lowest BCUT2D eigenvalue weighted by Gasteiger charge is -2.20. The third kappa shape index (κ3) is 3.70. The summed E-state index contributed by atoms with van der Waals surface area (Å²) in [6, 6.07) is 19.6. The normalized spacial score (nSPS) is 11.4. The van der Waals surface area contributed by atoms with Crippen LogP contribution in [0.2, 0.25) is 0 Å². The average molecular weight is 228 g/mol. The van der Waals surface area contributed by atoms with Crippen molar-refractivity contribution in [1.82, 2.24) is 0 Å². The molecule has 0 N–H and O–H groups in total. The van der Waals surface area contributed by atoms with Crippen molar-refractivity contribution in [3.63, 3.8) is 0 Å². The molecule has 0 amide bonds. The number of benzene rings is 2. The van der Waals surface area contributed by atoms with Crippen LogP contribution in [-0.2, 0) is 12.8 Å². The molecule has 0 heterocycles. The Bertz CT molecular complexity index is 402. The van der Waals surface area contributed by atoms with Gasteiger partial charge in [-0.25, -0.2) is 4.39 Å². The van der Waals surface area contributed by atoms with Crippen LogP contribution in [0.25, 0.3) is 0 Å². The Morgan fingerprint density at radius 1 is 0.765 bits per heavy atom. The van der Waals surface area contributed by atoms with Crippen LogP contribution in [0.3, 0.4) is 0 Å². The van der Waals surface area contributed by atoms with Gasteiger partial charge < -0.3 is 0 Å². The zero-order chi connectivity index (χ0) is 12.1. The van der Waals surface area contributed by atoms with Crippen molar-refractivity contribution < 1.29 is 4.39 Å². The van der Waals surface area contributed by atoms with Crippen LogP contribution in [0.5, 0.6) is 0 Å². The van der Waals surface area contributed by atoms with Gasteiger partial charge in [-0.05, 0) is 18.1 Å². The first kappa shape index (κ1) is 11.8. The summed E-state index contributed by atoms with van der Waals surface area (Å²) in [6.45, 7) is 1.67. The maximum atomic E-state index is 14.5. The molecule has 17 heavy (non-hydrogen) atoms. The molecule has 0 aromatic heterocycles. The lowest BCUT2D eigenvalue weighted by atomic mass is 9.91. The van der Waals surface area contributed by atoms with Crippen LogP contribution >= 0.6 is 0 Å². The molecule has 2 rings (SSSR count). The summed E-state index contributed by atoms with van der Waals surface area (Å²) in [5, 5.41) is 0. The third-order valence-electron chi connectivity index (χ3n) is 2.83. The second-order valence-electron chi connectivity index (χ2n) is 4.74. The van der Waals surface area contributed by atoms with Crippen LogP contribution in [0.15, 0.2) is 60.7 Å². The summed E-state index contributed by atoms with van der Waals surface area (Å²) in [5.41, 5.74) is 0.907. The van der Waals surface area contributed by atoms with E-state index in [4.69, 9.17) is 0 Å². The van der Waals surface area contributed by atoms with E-state index in [0.717, 1.165) is 11.1 Å². The zero-order valence-corrected chi connectivity index (χ0v) is 10.1. The molecule has 88 valence electrons. The van der Waals surface area contributed by atoms with Crippen LogP contribution in [-0.4, -0.2) is 5.67 Å². The monoisotopic (exact) mass is 228 g/mol. The van der Waals surface area contributed by atoms with Gasteiger partial charge in [0.2, 0.25) is 0 Å². The number of alkyl halides is 1. The van der Waals surface area contributed by atoms with Crippen LogP contribution in [0.4, 0.5) is 4.39 Å². The molecule has 0 atom stereocenters. The Morgan fingerprint density at radius 3 is 1.47 bits per heavy atom. The Kier molecular flexibility index (Phi) is 3.58. The Morgan fingerprint density at radius 2 is 1.12 bits per heavy atom. The standard InChI is InChI=1S/C16H17F/c1-16(17,12-14-8-4-2-5-9-14)13-15-10-6-3-7-11-15/h2-11H,12-13H2,1H3. The molecule has 0 nitrogen and oxygen atoms in total. The van der Waals surface area contributed by atoms with E-state index in [0.29, 0.717) is 12.8 Å². The number of hydrogen-bond acceptors (Lipinski definition) is 0. The quantitative estimate of drug-likeness (QED) is 0.735. The lowest BCUT2D eigenvalue weighted by Crippen LogP contribution is -2.24. The van der Waals surface area contributed by atoms with E-state index >= 15 is 0 Å². The summed E-state index contributed by atoms with van der Waals surface area (Å²) in [5.74, 6) is 0. The van der Waals surface area contributed by atoms with Gasteiger partial charge in [-0.2, -0.15) is 0 Å². The molecular formula is C16H17F. The minimum absolute atomic E-state index is 0.461. The molecule has 2 aromatic carbocycles. The maximum absolute atomic E-state index is 14.5. The van der Waals surface area contributed by atoms with E-state index in [1.807, 2.05) is 60.7 Å². The van der Waals surface area contributed by atoms with Gasteiger partial charge in [0, 0.05) is 12.8 Å². The van der Waals surface area contributed by atoms with Gasteiger partial charge in [-0.3, -0.25) is 0 Å². The molecule has 0 saturated heterocycles. The highest BCUT2D eigenvalue weighted by Gasteiger charge is 2.23. The molecule has 0 aliphatic heterocycles. The highest BCUT2D eigenvalue weighted by Crippen LogP contribution is 2.22. The van der Waals surface area contributed by atoms with Crippen molar-refractivity contribution in [2.45, 2.75) is 25.4 Å². The minimum Gasteiger partial charge on any atom is -0.243 e. The molecule has 0 spiro atoms. The highest BCUT2D eigenvalue weighted by molar-refractivity contribution is 5.21. The molecule has 1 heteroatoms. The first-order valence-electron chi connectivity index (χ1n) is 5.92. The minimum atomic E-state index is -1.19. The van der Waals surface area contributed by atoms with E-state index in [1.54, 1.807) is 6.92 Å². The van der Waals surface area contributed by atoms with Gasteiger partial charge in [0.05, 0.1) is 0 Å². The van der Waals surface area contributed by atoms with Crippen LogP contribution in [0, 0.1) is 0 Å². The highest BCUT2D eigenvalue weighted by atomic mass is 19.1. The topological polar surface area (TPSA) is 0 Å². The van der Waals surface area contributed by atoms with E-state index in [9.17, 15) is 4.39 Å². The second kappa shape index (κ2) is 5.13. The molecule has 0 aliphatic rings. The van der Waals surface area contributed by atoms with Crippen LogP contribution in [0.1, 0.15) is 18.1 Å². The van der Waals surface area contributed by atoms with Gasteiger partial charge in [0.1, 0.15) is 5.67 Å². The number of halogens is 1. The fourth-order valence-corrected chi connectivity index (χ4v) is 2.11. The number of hydrogen-bond donors (Lipinski definition) is 0. The Hall–Kier alpha value is -1.63. The Labute approximate surface area is 102 Å². The summed E-state index contributed by atoms with van der Waals surface area (Å²) >= 11 is 0. The van der Waals surface area contributed by atoms with Crippen molar-refractivity contribution in [1.29, 1.82) is 0 Å². The molecule has 0 saturated carbocycles. The van der Waals surface area contributed by atoms with Crippen molar-refractivity contribution in [2.75, 3.05) is 0 Å². The van der Waals surface area contributed by atoms with Crippen molar-refractivity contribution in [3.8, 4) is 0 Å². The average Bonchev–Trinajstić information content (AvgIpc) is 2.30. The van der Waals surface area contributed by atoms with E-state index < -0.39 is 5.67 Å². The predicted octanol–water partition coefficient (Wildman–Crippen LogP) is 4.20. The van der Waals surface area contributed by atoms with E-state index in [2.05, 4.69) is 0 Å². The van der Waals surface area contributed by atoms with Crippen LogP contribution < -0.4 is 0 Å². The van der Waals surface area contributed by atoms with Gasteiger partial charge in [0.25, 0.3) is 0 Å².